The van der Waals surface area contributed by atoms with Gasteiger partial charge in [0.15, 0.2) is 0 Å². The summed E-state index contributed by atoms with van der Waals surface area (Å²) in [5.41, 5.74) is 4.32. The van der Waals surface area contributed by atoms with Crippen molar-refractivity contribution in [2.24, 2.45) is 50.7 Å². The van der Waals surface area contributed by atoms with Crippen molar-refractivity contribution in [3.8, 4) is 0 Å². The first-order valence-electron chi connectivity index (χ1n) is 19.4. The van der Waals surface area contributed by atoms with E-state index in [1.807, 2.05) is 12.1 Å². The number of carboxylic acids is 1. The number of allylic oxidation sites excluding steroid dienone is 2. The van der Waals surface area contributed by atoms with Gasteiger partial charge in [-0.2, -0.15) is 0 Å². The average molecular weight is 657 g/mol. The maximum Gasteiger partial charge on any atom is 0.335 e. The van der Waals surface area contributed by atoms with E-state index >= 15 is 0 Å². The maximum atomic E-state index is 12.3. The van der Waals surface area contributed by atoms with Crippen molar-refractivity contribution in [3.05, 3.63) is 41.5 Å². The lowest BCUT2D eigenvalue weighted by molar-refractivity contribution is -0.222. The highest BCUT2D eigenvalue weighted by Gasteiger charge is 2.69. The number of carboxylic acid groups (broad SMARTS) is 1. The molecule has 8 atom stereocenters. The van der Waals surface area contributed by atoms with Gasteiger partial charge in [0.2, 0.25) is 11.8 Å². The number of fused-ring (bicyclic) bond motifs is 7. The summed E-state index contributed by atoms with van der Waals surface area (Å²) in [6, 6.07) is 7.59. The summed E-state index contributed by atoms with van der Waals surface area (Å²) in [5, 5.41) is 13.3. The second-order valence-corrected chi connectivity index (χ2v) is 18.3. The predicted octanol–water partition coefficient (Wildman–Crippen LogP) is 8.75. The number of hydrogen-bond acceptors (Lipinski definition) is 4. The number of amides is 2. The fraction of sp³-hybridized carbons (Fsp3) is 0.738. The lowest BCUT2D eigenvalue weighted by atomic mass is 9.32. The van der Waals surface area contributed by atoms with E-state index in [1.165, 1.54) is 73.8 Å². The Morgan fingerprint density at radius 1 is 0.833 bits per heavy atom. The number of nitrogens with one attached hydrogen (secondary N) is 1. The number of aromatic carboxylic acids is 1. The van der Waals surface area contributed by atoms with E-state index in [0.717, 1.165) is 37.8 Å². The number of carbonyl (C=O) groups is 3. The Labute approximate surface area is 288 Å². The lowest BCUT2D eigenvalue weighted by Crippen LogP contribution is -2.65. The fourth-order valence-electron chi connectivity index (χ4n) is 13.6. The average Bonchev–Trinajstić information content (AvgIpc) is 3.46. The van der Waals surface area contributed by atoms with Crippen LogP contribution in [0.2, 0.25) is 0 Å². The van der Waals surface area contributed by atoms with E-state index < -0.39 is 5.97 Å². The molecule has 5 aliphatic carbocycles. The minimum absolute atomic E-state index is 0.0137. The van der Waals surface area contributed by atoms with Gasteiger partial charge in [-0.1, -0.05) is 59.2 Å². The molecule has 1 saturated heterocycles. The van der Waals surface area contributed by atoms with Crippen molar-refractivity contribution in [2.75, 3.05) is 19.6 Å². The Balaban J connectivity index is 1.06. The minimum atomic E-state index is -0.865. The number of carbonyl (C=O) groups excluding carboxylic acids is 2. The summed E-state index contributed by atoms with van der Waals surface area (Å²) < 4.78 is 0. The summed E-state index contributed by atoms with van der Waals surface area (Å²) in [4.78, 5) is 37.5. The summed E-state index contributed by atoms with van der Waals surface area (Å²) in [7, 11) is 0. The molecular weight excluding hydrogens is 596 g/mol. The summed E-state index contributed by atoms with van der Waals surface area (Å²) in [5.74, 6) is 2.06. The van der Waals surface area contributed by atoms with E-state index in [4.69, 9.17) is 0 Å². The van der Waals surface area contributed by atoms with E-state index in [1.54, 1.807) is 12.1 Å². The van der Waals surface area contributed by atoms with Gasteiger partial charge in [0, 0.05) is 25.9 Å². The predicted molar refractivity (Wildman–Crippen MR) is 190 cm³/mol. The number of rotatable bonds is 8. The molecule has 0 aromatic heterocycles. The van der Waals surface area contributed by atoms with Crippen LogP contribution < -0.4 is 5.32 Å². The zero-order valence-corrected chi connectivity index (χ0v) is 30.3. The molecular formula is C42H60N2O4. The monoisotopic (exact) mass is 656 g/mol. The van der Waals surface area contributed by atoms with Gasteiger partial charge >= 0.3 is 5.97 Å². The topological polar surface area (TPSA) is 86.7 Å². The van der Waals surface area contributed by atoms with Crippen LogP contribution in [0.15, 0.2) is 30.3 Å². The van der Waals surface area contributed by atoms with Gasteiger partial charge in [0.25, 0.3) is 0 Å². The van der Waals surface area contributed by atoms with Crippen LogP contribution in [0.1, 0.15) is 140 Å². The van der Waals surface area contributed by atoms with E-state index in [0.29, 0.717) is 59.5 Å². The van der Waals surface area contributed by atoms with Crippen LogP contribution in [0.4, 0.5) is 0 Å². The molecule has 6 nitrogen and oxygen atoms in total. The zero-order chi connectivity index (χ0) is 34.1. The zero-order valence-electron chi connectivity index (χ0n) is 30.3. The van der Waals surface area contributed by atoms with E-state index in [-0.39, 0.29) is 22.6 Å². The molecule has 5 fully saturated rings. The highest BCUT2D eigenvalue weighted by molar-refractivity contribution is 5.97. The normalized spacial score (nSPS) is 40.4. The molecule has 1 aromatic rings. The van der Waals surface area contributed by atoms with Gasteiger partial charge in [-0.05, 0) is 151 Å². The van der Waals surface area contributed by atoms with Crippen molar-refractivity contribution < 1.29 is 19.5 Å². The third-order valence-corrected chi connectivity index (χ3v) is 16.2. The molecule has 0 spiro atoms. The smallest absolute Gasteiger partial charge is 0.335 e. The lowest BCUT2D eigenvalue weighted by Gasteiger charge is -2.72. The molecule has 2 N–H and O–H groups in total. The molecule has 0 bridgehead atoms. The Bertz CT molecular complexity index is 1460. The van der Waals surface area contributed by atoms with Crippen LogP contribution >= 0.6 is 0 Å². The molecule has 1 aromatic carbocycles. The first-order valence-corrected chi connectivity index (χ1v) is 19.4. The number of imide groups is 1. The van der Waals surface area contributed by atoms with Gasteiger partial charge in [-0.25, -0.2) is 4.79 Å². The van der Waals surface area contributed by atoms with E-state index in [2.05, 4.69) is 46.0 Å². The molecule has 4 saturated carbocycles. The van der Waals surface area contributed by atoms with Gasteiger partial charge in [-0.3, -0.25) is 14.5 Å². The Morgan fingerprint density at radius 3 is 2.27 bits per heavy atom. The first kappa shape index (κ1) is 34.0. The Kier molecular flexibility index (Phi) is 8.57. The molecule has 1 aliphatic heterocycles. The standard InChI is InChI=1S/C42H60N2O4/c1-38(2)30(28-12-14-29(15-13-28)37(47)48)18-21-39(3)33(38)19-22-41(5)34(39)17-16-31-32-9-7-20-42(32,24-23-40(31,41)4)27-43-25-8-26-44-35(45)10-6-11-36(44)46/h12-15,18,31-34,43H,6-11,16-17,19-27H2,1-5H3,(H,47,48)/t31-,32?,33?,34?,39+,40-,41-,42-/m1/s1. The number of likely N-dealkylation sites (tertiary alicyclic amines) is 1. The van der Waals surface area contributed by atoms with E-state index in [9.17, 15) is 19.5 Å². The number of benzene rings is 1. The molecule has 7 rings (SSSR count). The molecule has 2 amide bonds. The van der Waals surface area contributed by atoms with Crippen LogP contribution in [0.25, 0.3) is 5.57 Å². The Hall–Kier alpha value is -2.47. The third-order valence-electron chi connectivity index (χ3n) is 16.2. The summed E-state index contributed by atoms with van der Waals surface area (Å²) in [6.07, 6.45) is 18.2. The van der Waals surface area contributed by atoms with Gasteiger partial charge < -0.3 is 10.4 Å². The van der Waals surface area contributed by atoms with Crippen molar-refractivity contribution in [1.82, 2.24) is 10.2 Å². The van der Waals surface area contributed by atoms with Gasteiger partial charge in [-0.15, -0.1) is 0 Å². The van der Waals surface area contributed by atoms with Crippen LogP contribution in [-0.4, -0.2) is 47.4 Å². The van der Waals surface area contributed by atoms with Crippen molar-refractivity contribution in [2.45, 2.75) is 125 Å². The summed E-state index contributed by atoms with van der Waals surface area (Å²) >= 11 is 0. The van der Waals surface area contributed by atoms with Crippen molar-refractivity contribution in [3.63, 3.8) is 0 Å². The van der Waals surface area contributed by atoms with Crippen LogP contribution in [-0.2, 0) is 9.59 Å². The Morgan fingerprint density at radius 2 is 1.56 bits per heavy atom. The molecule has 262 valence electrons. The van der Waals surface area contributed by atoms with Gasteiger partial charge in [0.1, 0.15) is 0 Å². The highest BCUT2D eigenvalue weighted by Crippen LogP contribution is 2.77. The van der Waals surface area contributed by atoms with Crippen LogP contribution in [0, 0.1) is 50.7 Å². The quantitative estimate of drug-likeness (QED) is 0.216. The molecule has 1 heterocycles. The van der Waals surface area contributed by atoms with Crippen LogP contribution in [0.5, 0.6) is 0 Å². The maximum absolute atomic E-state index is 12.3. The number of hydrogen-bond donors (Lipinski definition) is 2. The molecule has 48 heavy (non-hydrogen) atoms. The summed E-state index contributed by atoms with van der Waals surface area (Å²) in [6.45, 7) is 15.5. The van der Waals surface area contributed by atoms with Crippen molar-refractivity contribution >= 4 is 23.4 Å². The SMILES string of the molecule is CC1(C)C(c2ccc(C(=O)O)cc2)=CC[C@@]2(C)C1CC[C@]1(C)C2CC[C@@H]2C3CCC[C@]3(CNCCCN3C(=O)CCCC3=O)CC[C@]21C. The third kappa shape index (κ3) is 5.08. The molecule has 0 radical (unpaired) electrons. The second kappa shape index (κ2) is 12.1. The molecule has 6 aliphatic rings. The largest absolute Gasteiger partial charge is 0.478 e. The second-order valence-electron chi connectivity index (χ2n) is 18.3. The van der Waals surface area contributed by atoms with Crippen LogP contribution in [0.3, 0.4) is 0 Å². The molecule has 3 unspecified atom stereocenters. The molecule has 6 heteroatoms. The van der Waals surface area contributed by atoms with Crippen molar-refractivity contribution in [1.29, 1.82) is 0 Å². The number of nitrogens with zero attached hydrogens (tertiary/aromatic N) is 1. The number of piperidine rings is 1. The fourth-order valence-corrected chi connectivity index (χ4v) is 13.6. The first-order chi connectivity index (χ1) is 22.8. The van der Waals surface area contributed by atoms with Gasteiger partial charge in [0.05, 0.1) is 5.56 Å². The minimum Gasteiger partial charge on any atom is -0.478 e. The highest BCUT2D eigenvalue weighted by atomic mass is 16.4.